The number of carbonyl (C=O) groups is 2. The lowest BCUT2D eigenvalue weighted by Crippen LogP contribution is -2.50. The van der Waals surface area contributed by atoms with Gasteiger partial charge in [-0.2, -0.15) is 0 Å². The predicted octanol–water partition coefficient (Wildman–Crippen LogP) is 4.80. The monoisotopic (exact) mass is 488 g/mol. The Hall–Kier alpha value is -3.80. The smallest absolute Gasteiger partial charge is 0.243 e. The van der Waals surface area contributed by atoms with Crippen LogP contribution in [0.2, 0.25) is 0 Å². The summed E-state index contributed by atoms with van der Waals surface area (Å²) in [6.45, 7) is 2.81. The maximum absolute atomic E-state index is 13.5. The van der Waals surface area contributed by atoms with Crippen molar-refractivity contribution in [3.63, 3.8) is 0 Å². The van der Waals surface area contributed by atoms with Gasteiger partial charge < -0.3 is 19.7 Å². The minimum Gasteiger partial charge on any atom is -0.497 e. The van der Waals surface area contributed by atoms with E-state index in [4.69, 9.17) is 9.47 Å². The zero-order chi connectivity index (χ0) is 25.8. The summed E-state index contributed by atoms with van der Waals surface area (Å²) >= 11 is 0. The number of methoxy groups -OCH3 is 2. The molecule has 0 spiro atoms. The van der Waals surface area contributed by atoms with Crippen LogP contribution in [-0.4, -0.2) is 43.5 Å². The van der Waals surface area contributed by atoms with Crippen LogP contribution >= 0.6 is 0 Å². The van der Waals surface area contributed by atoms with Crippen molar-refractivity contribution in [1.82, 2.24) is 10.2 Å². The fourth-order valence-electron chi connectivity index (χ4n) is 4.08. The van der Waals surface area contributed by atoms with Gasteiger partial charge >= 0.3 is 0 Å². The zero-order valence-corrected chi connectivity index (χ0v) is 21.4. The van der Waals surface area contributed by atoms with Crippen molar-refractivity contribution in [1.29, 1.82) is 0 Å². The van der Waals surface area contributed by atoms with Gasteiger partial charge in [0.1, 0.15) is 17.5 Å². The molecular weight excluding hydrogens is 452 g/mol. The summed E-state index contributed by atoms with van der Waals surface area (Å²) in [5.41, 5.74) is 3.06. The number of benzene rings is 3. The third-order valence-electron chi connectivity index (χ3n) is 6.12. The highest BCUT2D eigenvalue weighted by Gasteiger charge is 2.29. The van der Waals surface area contributed by atoms with Crippen LogP contribution in [0.4, 0.5) is 0 Å². The van der Waals surface area contributed by atoms with Crippen molar-refractivity contribution in [2.24, 2.45) is 0 Å². The molecule has 36 heavy (non-hydrogen) atoms. The summed E-state index contributed by atoms with van der Waals surface area (Å²) in [5.74, 6) is 1.38. The highest BCUT2D eigenvalue weighted by Crippen LogP contribution is 2.19. The maximum Gasteiger partial charge on any atom is 0.243 e. The average Bonchev–Trinajstić information content (AvgIpc) is 2.92. The number of hydrogen-bond donors (Lipinski definition) is 1. The first-order valence-corrected chi connectivity index (χ1v) is 12.4. The van der Waals surface area contributed by atoms with E-state index in [2.05, 4.69) is 5.32 Å². The van der Waals surface area contributed by atoms with Crippen molar-refractivity contribution in [3.8, 4) is 11.5 Å². The molecule has 0 aromatic heterocycles. The molecule has 2 amide bonds. The Balaban J connectivity index is 1.79. The van der Waals surface area contributed by atoms with E-state index in [1.807, 2.05) is 85.8 Å². The van der Waals surface area contributed by atoms with Crippen molar-refractivity contribution in [2.75, 3.05) is 20.8 Å². The molecule has 3 aromatic rings. The van der Waals surface area contributed by atoms with Gasteiger partial charge in [-0.05, 0) is 53.8 Å². The third kappa shape index (κ3) is 7.87. The van der Waals surface area contributed by atoms with E-state index in [9.17, 15) is 9.59 Å². The lowest BCUT2D eigenvalue weighted by molar-refractivity contribution is -0.141. The third-order valence-corrected chi connectivity index (χ3v) is 6.12. The van der Waals surface area contributed by atoms with Gasteiger partial charge in [0.25, 0.3) is 0 Å². The molecule has 3 rings (SSSR count). The number of rotatable bonds is 13. The topological polar surface area (TPSA) is 67.9 Å². The molecule has 0 aliphatic heterocycles. The summed E-state index contributed by atoms with van der Waals surface area (Å²) in [6, 6.07) is 24.7. The first-order valence-electron chi connectivity index (χ1n) is 12.4. The van der Waals surface area contributed by atoms with Crippen LogP contribution in [0.25, 0.3) is 0 Å². The molecule has 0 saturated carbocycles. The van der Waals surface area contributed by atoms with E-state index in [1.165, 1.54) is 0 Å². The van der Waals surface area contributed by atoms with E-state index in [0.717, 1.165) is 34.6 Å². The number of nitrogens with zero attached hydrogens (tertiary/aromatic N) is 1. The Bertz CT molecular complexity index is 1080. The molecule has 0 saturated heterocycles. The molecule has 0 aliphatic rings. The fraction of sp³-hybridized carbons (Fsp3) is 0.333. The Morgan fingerprint density at radius 3 is 1.94 bits per heavy atom. The summed E-state index contributed by atoms with van der Waals surface area (Å²) in [6.07, 6.45) is 2.24. The standard InChI is InChI=1S/C30H36N2O4/c1-4-8-29(33)32(22-25-13-17-27(36-3)18-14-25)28(21-24-9-6-5-7-10-24)30(34)31-20-19-23-11-15-26(35-2)16-12-23/h5-7,9-18,28H,4,8,19-22H2,1-3H3,(H,31,34)/t28-/m1/s1. The fourth-order valence-corrected chi connectivity index (χ4v) is 4.08. The molecule has 0 bridgehead atoms. The van der Waals surface area contributed by atoms with Crippen LogP contribution in [0, 0.1) is 0 Å². The largest absolute Gasteiger partial charge is 0.497 e. The molecule has 190 valence electrons. The number of ether oxygens (including phenoxy) is 2. The molecule has 6 nitrogen and oxygen atoms in total. The number of nitrogens with one attached hydrogen (secondary N) is 1. The maximum atomic E-state index is 13.5. The summed E-state index contributed by atoms with van der Waals surface area (Å²) in [7, 11) is 3.26. The molecular formula is C30H36N2O4. The molecule has 0 fully saturated rings. The van der Waals surface area contributed by atoms with E-state index in [1.54, 1.807) is 19.1 Å². The lowest BCUT2D eigenvalue weighted by Gasteiger charge is -2.31. The van der Waals surface area contributed by atoms with Crippen LogP contribution in [-0.2, 0) is 29.0 Å². The minimum atomic E-state index is -0.621. The SMILES string of the molecule is CCCC(=O)N(Cc1ccc(OC)cc1)[C@H](Cc1ccccc1)C(=O)NCCc1ccc(OC)cc1. The Kier molecular flexibility index (Phi) is 10.4. The van der Waals surface area contributed by atoms with Gasteiger partial charge in [0, 0.05) is 25.9 Å². The van der Waals surface area contributed by atoms with Gasteiger partial charge in [-0.3, -0.25) is 9.59 Å². The normalized spacial score (nSPS) is 11.4. The van der Waals surface area contributed by atoms with Gasteiger partial charge in [0.2, 0.25) is 11.8 Å². The van der Waals surface area contributed by atoms with Crippen molar-refractivity contribution in [3.05, 3.63) is 95.6 Å². The number of hydrogen-bond acceptors (Lipinski definition) is 4. The lowest BCUT2D eigenvalue weighted by atomic mass is 10.0. The van der Waals surface area contributed by atoms with E-state index in [0.29, 0.717) is 32.4 Å². The van der Waals surface area contributed by atoms with E-state index in [-0.39, 0.29) is 11.8 Å². The summed E-state index contributed by atoms with van der Waals surface area (Å²) in [5, 5.41) is 3.08. The quantitative estimate of drug-likeness (QED) is 0.375. The molecule has 0 radical (unpaired) electrons. The Morgan fingerprint density at radius 2 is 1.39 bits per heavy atom. The van der Waals surface area contributed by atoms with Crippen LogP contribution in [0.1, 0.15) is 36.5 Å². The molecule has 0 aliphatic carbocycles. The second-order valence-electron chi connectivity index (χ2n) is 8.71. The first-order chi connectivity index (χ1) is 17.5. The molecule has 0 heterocycles. The van der Waals surface area contributed by atoms with Crippen molar-refractivity contribution in [2.45, 2.75) is 45.2 Å². The second-order valence-corrected chi connectivity index (χ2v) is 8.71. The average molecular weight is 489 g/mol. The molecule has 1 N–H and O–H groups in total. The van der Waals surface area contributed by atoms with Gasteiger partial charge in [-0.1, -0.05) is 61.5 Å². The van der Waals surface area contributed by atoms with Gasteiger partial charge in [0.15, 0.2) is 0 Å². The molecule has 3 aromatic carbocycles. The van der Waals surface area contributed by atoms with Gasteiger partial charge in [-0.25, -0.2) is 0 Å². The van der Waals surface area contributed by atoms with Crippen LogP contribution in [0.3, 0.4) is 0 Å². The molecule has 1 atom stereocenters. The Labute approximate surface area is 214 Å². The molecule has 0 unspecified atom stereocenters. The number of carbonyl (C=O) groups excluding carboxylic acids is 2. The Morgan fingerprint density at radius 1 is 0.806 bits per heavy atom. The highest BCUT2D eigenvalue weighted by atomic mass is 16.5. The second kappa shape index (κ2) is 13.9. The predicted molar refractivity (Wildman–Crippen MR) is 142 cm³/mol. The van der Waals surface area contributed by atoms with E-state index >= 15 is 0 Å². The van der Waals surface area contributed by atoms with Crippen LogP contribution < -0.4 is 14.8 Å². The van der Waals surface area contributed by atoms with E-state index < -0.39 is 6.04 Å². The van der Waals surface area contributed by atoms with Crippen LogP contribution in [0.15, 0.2) is 78.9 Å². The summed E-state index contributed by atoms with van der Waals surface area (Å²) < 4.78 is 10.5. The van der Waals surface area contributed by atoms with Crippen molar-refractivity contribution < 1.29 is 19.1 Å². The first kappa shape index (κ1) is 26.8. The number of amides is 2. The molecule has 6 heteroatoms. The zero-order valence-electron chi connectivity index (χ0n) is 21.4. The van der Waals surface area contributed by atoms with Crippen LogP contribution in [0.5, 0.6) is 11.5 Å². The van der Waals surface area contributed by atoms with Crippen molar-refractivity contribution >= 4 is 11.8 Å². The van der Waals surface area contributed by atoms with Gasteiger partial charge in [-0.15, -0.1) is 0 Å². The highest BCUT2D eigenvalue weighted by molar-refractivity contribution is 5.88. The minimum absolute atomic E-state index is 0.0282. The van der Waals surface area contributed by atoms with Gasteiger partial charge in [0.05, 0.1) is 14.2 Å². The summed E-state index contributed by atoms with van der Waals surface area (Å²) in [4.78, 5) is 28.5.